The van der Waals surface area contributed by atoms with E-state index in [2.05, 4.69) is 11.4 Å². The lowest BCUT2D eigenvalue weighted by molar-refractivity contribution is -0.129. The Balaban J connectivity index is 1.49. The van der Waals surface area contributed by atoms with Crippen LogP contribution in [-0.2, 0) is 9.53 Å². The molecule has 0 radical (unpaired) electrons. The van der Waals surface area contributed by atoms with Crippen molar-refractivity contribution in [3.63, 3.8) is 0 Å². The second-order valence-corrected chi connectivity index (χ2v) is 7.14. The molecule has 0 spiro atoms. The van der Waals surface area contributed by atoms with Gasteiger partial charge >= 0.3 is 5.97 Å². The van der Waals surface area contributed by atoms with Crippen LogP contribution in [0.4, 0.5) is 0 Å². The molecule has 5 nitrogen and oxygen atoms in total. The molecule has 1 N–H and O–H groups in total. The van der Waals surface area contributed by atoms with Gasteiger partial charge in [-0.25, -0.2) is 4.79 Å². The van der Waals surface area contributed by atoms with E-state index in [1.807, 2.05) is 30.3 Å². The molecular weight excluding hydrogens is 366 g/mol. The van der Waals surface area contributed by atoms with Gasteiger partial charge in [0.2, 0.25) is 0 Å². The van der Waals surface area contributed by atoms with E-state index in [0.717, 1.165) is 19.3 Å². The maximum atomic E-state index is 12.4. The third-order valence-electron chi connectivity index (χ3n) is 4.83. The van der Waals surface area contributed by atoms with Crippen LogP contribution < -0.4 is 10.1 Å². The molecule has 0 saturated heterocycles. The van der Waals surface area contributed by atoms with Gasteiger partial charge in [0.1, 0.15) is 11.5 Å². The minimum Gasteiger partial charge on any atom is -0.457 e. The number of carbonyl (C=O) groups is 2. The summed E-state index contributed by atoms with van der Waals surface area (Å²) in [6.07, 6.45) is 6.98. The van der Waals surface area contributed by atoms with Crippen LogP contribution >= 0.6 is 0 Å². The first-order chi connectivity index (χ1) is 14.1. The molecule has 1 aliphatic carbocycles. The van der Waals surface area contributed by atoms with Gasteiger partial charge in [-0.05, 0) is 69.4 Å². The van der Waals surface area contributed by atoms with Crippen LogP contribution in [-0.4, -0.2) is 24.5 Å². The zero-order valence-corrected chi connectivity index (χ0v) is 16.7. The van der Waals surface area contributed by atoms with E-state index in [0.29, 0.717) is 23.6 Å². The number of carbonyl (C=O) groups excluding carboxylic acids is 2. The summed E-state index contributed by atoms with van der Waals surface area (Å²) >= 11 is 0. The van der Waals surface area contributed by atoms with Crippen LogP contribution in [0.2, 0.25) is 0 Å². The van der Waals surface area contributed by atoms with E-state index in [9.17, 15) is 9.59 Å². The molecule has 0 heterocycles. The SMILES string of the molecule is C[C@@H](OC(=O)c1cccc(Oc2ccccc2)c1)C(=O)NCCC1=CCCCC1. The Bertz CT molecular complexity index is 860. The van der Waals surface area contributed by atoms with Crippen molar-refractivity contribution in [2.24, 2.45) is 0 Å². The second-order valence-electron chi connectivity index (χ2n) is 7.14. The number of amides is 1. The number of benzene rings is 2. The Kier molecular flexibility index (Phi) is 7.45. The molecule has 0 unspecified atom stereocenters. The minimum absolute atomic E-state index is 0.286. The molecule has 0 bridgehead atoms. The lowest BCUT2D eigenvalue weighted by Crippen LogP contribution is -2.36. The highest BCUT2D eigenvalue weighted by atomic mass is 16.5. The number of nitrogens with one attached hydrogen (secondary N) is 1. The first-order valence-corrected chi connectivity index (χ1v) is 10.1. The van der Waals surface area contributed by atoms with Crippen LogP contribution in [0.15, 0.2) is 66.2 Å². The van der Waals surface area contributed by atoms with Gasteiger partial charge in [-0.15, -0.1) is 0 Å². The Morgan fingerprint density at radius 2 is 1.83 bits per heavy atom. The summed E-state index contributed by atoms with van der Waals surface area (Å²) in [5.41, 5.74) is 1.74. The average molecular weight is 393 g/mol. The van der Waals surface area contributed by atoms with E-state index in [4.69, 9.17) is 9.47 Å². The Morgan fingerprint density at radius 3 is 2.59 bits per heavy atom. The van der Waals surface area contributed by atoms with Crippen LogP contribution in [0, 0.1) is 0 Å². The highest BCUT2D eigenvalue weighted by Gasteiger charge is 2.19. The first kappa shape index (κ1) is 20.6. The summed E-state index contributed by atoms with van der Waals surface area (Å²) in [5.74, 6) is 0.370. The molecule has 0 fully saturated rings. The van der Waals surface area contributed by atoms with Crippen LogP contribution in [0.25, 0.3) is 0 Å². The molecule has 3 rings (SSSR count). The quantitative estimate of drug-likeness (QED) is 0.505. The summed E-state index contributed by atoms with van der Waals surface area (Å²) in [6.45, 7) is 2.14. The highest BCUT2D eigenvalue weighted by Crippen LogP contribution is 2.22. The van der Waals surface area contributed by atoms with Gasteiger partial charge in [0.15, 0.2) is 6.10 Å². The molecular formula is C24H27NO4. The highest BCUT2D eigenvalue weighted by molar-refractivity contribution is 5.92. The monoisotopic (exact) mass is 393 g/mol. The fourth-order valence-electron chi connectivity index (χ4n) is 3.21. The molecule has 5 heteroatoms. The molecule has 0 aromatic heterocycles. The Hall–Kier alpha value is -3.08. The third-order valence-corrected chi connectivity index (χ3v) is 4.83. The molecule has 1 atom stereocenters. The second kappa shape index (κ2) is 10.5. The van der Waals surface area contributed by atoms with E-state index in [-0.39, 0.29) is 5.91 Å². The van der Waals surface area contributed by atoms with Crippen molar-refractivity contribution < 1.29 is 19.1 Å². The van der Waals surface area contributed by atoms with Crippen LogP contribution in [0.3, 0.4) is 0 Å². The Morgan fingerprint density at radius 1 is 1.03 bits per heavy atom. The van der Waals surface area contributed by atoms with Crippen LogP contribution in [0.5, 0.6) is 11.5 Å². The van der Waals surface area contributed by atoms with Crippen molar-refractivity contribution in [3.05, 3.63) is 71.8 Å². The summed E-state index contributed by atoms with van der Waals surface area (Å²) in [7, 11) is 0. The average Bonchev–Trinajstić information content (AvgIpc) is 2.75. The standard InChI is InChI=1S/C24H27NO4/c1-18(23(26)25-16-15-19-9-4-2-5-10-19)28-24(27)20-11-8-14-22(17-20)29-21-12-6-3-7-13-21/h3,6-9,11-14,17-18H,2,4-5,10,15-16H2,1H3,(H,25,26)/t18-/m1/s1. The lowest BCUT2D eigenvalue weighted by Gasteiger charge is -2.16. The number of allylic oxidation sites excluding steroid dienone is 1. The van der Waals surface area contributed by atoms with E-state index >= 15 is 0 Å². The van der Waals surface area contributed by atoms with E-state index < -0.39 is 12.1 Å². The number of rotatable bonds is 8. The minimum atomic E-state index is -0.860. The normalized spacial score (nSPS) is 14.4. The van der Waals surface area contributed by atoms with Gasteiger partial charge in [-0.2, -0.15) is 0 Å². The van der Waals surface area contributed by atoms with Gasteiger partial charge in [-0.3, -0.25) is 4.79 Å². The topological polar surface area (TPSA) is 64.6 Å². The third kappa shape index (κ3) is 6.49. The molecule has 1 amide bonds. The summed E-state index contributed by atoms with van der Waals surface area (Å²) in [5, 5.41) is 2.85. The molecule has 1 aliphatic rings. The molecule has 2 aromatic rings. The van der Waals surface area contributed by atoms with Gasteiger partial charge < -0.3 is 14.8 Å². The van der Waals surface area contributed by atoms with Gasteiger partial charge in [0.05, 0.1) is 5.56 Å². The van der Waals surface area contributed by atoms with Gasteiger partial charge in [-0.1, -0.05) is 35.9 Å². The fraction of sp³-hybridized carbons (Fsp3) is 0.333. The summed E-state index contributed by atoms with van der Waals surface area (Å²) < 4.78 is 11.1. The number of ether oxygens (including phenoxy) is 2. The maximum absolute atomic E-state index is 12.4. The van der Waals surface area contributed by atoms with Crippen molar-refractivity contribution in [3.8, 4) is 11.5 Å². The zero-order valence-electron chi connectivity index (χ0n) is 16.7. The summed E-state index contributed by atoms with van der Waals surface area (Å²) in [6, 6.07) is 16.0. The van der Waals surface area contributed by atoms with Crippen molar-refractivity contribution in [1.29, 1.82) is 0 Å². The molecule has 2 aromatic carbocycles. The largest absolute Gasteiger partial charge is 0.457 e. The predicted octanol–water partition coefficient (Wildman–Crippen LogP) is 5.03. The number of hydrogen-bond donors (Lipinski definition) is 1. The van der Waals surface area contributed by atoms with Crippen molar-refractivity contribution >= 4 is 11.9 Å². The van der Waals surface area contributed by atoms with Gasteiger partial charge in [0.25, 0.3) is 5.91 Å². The predicted molar refractivity (Wildman–Crippen MR) is 112 cm³/mol. The number of para-hydroxylation sites is 1. The number of hydrogen-bond acceptors (Lipinski definition) is 4. The van der Waals surface area contributed by atoms with Crippen molar-refractivity contribution in [1.82, 2.24) is 5.32 Å². The van der Waals surface area contributed by atoms with Gasteiger partial charge in [0, 0.05) is 6.54 Å². The van der Waals surface area contributed by atoms with Crippen molar-refractivity contribution in [2.75, 3.05) is 6.54 Å². The summed E-state index contributed by atoms with van der Waals surface area (Å²) in [4.78, 5) is 24.6. The fourth-order valence-corrected chi connectivity index (χ4v) is 3.21. The molecule has 29 heavy (non-hydrogen) atoms. The van der Waals surface area contributed by atoms with E-state index in [1.54, 1.807) is 31.2 Å². The smallest absolute Gasteiger partial charge is 0.339 e. The lowest BCUT2D eigenvalue weighted by atomic mass is 9.97. The van der Waals surface area contributed by atoms with Crippen LogP contribution in [0.1, 0.15) is 49.4 Å². The molecule has 0 aliphatic heterocycles. The molecule has 0 saturated carbocycles. The van der Waals surface area contributed by atoms with E-state index in [1.165, 1.54) is 18.4 Å². The number of esters is 1. The first-order valence-electron chi connectivity index (χ1n) is 10.1. The maximum Gasteiger partial charge on any atom is 0.339 e. The van der Waals surface area contributed by atoms with Crippen molar-refractivity contribution in [2.45, 2.75) is 45.1 Å². The molecule has 152 valence electrons. The zero-order chi connectivity index (χ0) is 20.5. The Labute approximate surface area is 171 Å².